The maximum Gasteiger partial charge on any atom is 0.252 e. The SMILES string of the molecule is Cc1nc2c(N(C)CCN)ncnc2o1. The van der Waals surface area contributed by atoms with Gasteiger partial charge in [0.15, 0.2) is 17.2 Å². The average molecular weight is 207 g/mol. The summed E-state index contributed by atoms with van der Waals surface area (Å²) in [5, 5.41) is 0. The standard InChI is InChI=1S/C9H13N5O/c1-6-13-7-8(14(2)4-3-10)11-5-12-9(7)15-6/h5H,3-4,10H2,1-2H3. The molecule has 2 N–H and O–H groups in total. The van der Waals surface area contributed by atoms with Crippen molar-refractivity contribution in [1.82, 2.24) is 15.0 Å². The molecule has 0 aliphatic heterocycles. The lowest BCUT2D eigenvalue weighted by Crippen LogP contribution is -2.26. The molecule has 0 atom stereocenters. The smallest absolute Gasteiger partial charge is 0.252 e. The molecule has 0 fully saturated rings. The van der Waals surface area contributed by atoms with Crippen molar-refractivity contribution >= 4 is 17.0 Å². The van der Waals surface area contributed by atoms with E-state index in [1.54, 1.807) is 6.92 Å². The van der Waals surface area contributed by atoms with Gasteiger partial charge in [-0.05, 0) is 0 Å². The number of fused-ring (bicyclic) bond motifs is 1. The molecule has 0 bridgehead atoms. The molecule has 2 aromatic rings. The Morgan fingerprint density at radius 3 is 3.00 bits per heavy atom. The van der Waals surface area contributed by atoms with Crippen LogP contribution in [0.2, 0.25) is 0 Å². The number of oxazole rings is 1. The molecule has 6 nitrogen and oxygen atoms in total. The van der Waals surface area contributed by atoms with Crippen molar-refractivity contribution in [2.24, 2.45) is 5.73 Å². The van der Waals surface area contributed by atoms with E-state index in [1.807, 2.05) is 11.9 Å². The summed E-state index contributed by atoms with van der Waals surface area (Å²) < 4.78 is 5.32. The lowest BCUT2D eigenvalue weighted by molar-refractivity contribution is 0.551. The first-order chi connectivity index (χ1) is 7.22. The molecular weight excluding hydrogens is 194 g/mol. The Morgan fingerprint density at radius 2 is 2.27 bits per heavy atom. The van der Waals surface area contributed by atoms with Crippen LogP contribution in [0.1, 0.15) is 5.89 Å². The van der Waals surface area contributed by atoms with Crippen LogP contribution in [-0.2, 0) is 0 Å². The zero-order valence-corrected chi connectivity index (χ0v) is 8.77. The summed E-state index contributed by atoms with van der Waals surface area (Å²) in [6.45, 7) is 3.07. The number of rotatable bonds is 3. The fourth-order valence-corrected chi connectivity index (χ4v) is 1.43. The number of aromatic nitrogens is 3. The summed E-state index contributed by atoms with van der Waals surface area (Å²) >= 11 is 0. The quantitative estimate of drug-likeness (QED) is 0.780. The fourth-order valence-electron chi connectivity index (χ4n) is 1.43. The van der Waals surface area contributed by atoms with Crippen LogP contribution in [0.15, 0.2) is 10.7 Å². The number of hydrogen-bond acceptors (Lipinski definition) is 6. The Kier molecular flexibility index (Phi) is 2.51. The van der Waals surface area contributed by atoms with Gasteiger partial charge in [-0.2, -0.15) is 4.98 Å². The average Bonchev–Trinajstić information content (AvgIpc) is 2.57. The van der Waals surface area contributed by atoms with E-state index in [9.17, 15) is 0 Å². The van der Waals surface area contributed by atoms with Gasteiger partial charge in [-0.3, -0.25) is 0 Å². The molecule has 2 heterocycles. The lowest BCUT2D eigenvalue weighted by Gasteiger charge is -2.15. The molecule has 0 saturated heterocycles. The second kappa shape index (κ2) is 3.82. The van der Waals surface area contributed by atoms with Crippen molar-refractivity contribution in [2.75, 3.05) is 25.0 Å². The first kappa shape index (κ1) is 9.85. The molecule has 0 aliphatic rings. The Morgan fingerprint density at radius 1 is 1.47 bits per heavy atom. The Bertz CT molecular complexity index is 466. The van der Waals surface area contributed by atoms with Crippen LogP contribution in [0.4, 0.5) is 5.82 Å². The lowest BCUT2D eigenvalue weighted by atomic mass is 10.4. The Labute approximate surface area is 87.1 Å². The van der Waals surface area contributed by atoms with Crippen LogP contribution in [0, 0.1) is 6.92 Å². The number of likely N-dealkylation sites (N-methyl/N-ethyl adjacent to an activating group) is 1. The van der Waals surface area contributed by atoms with Crippen molar-refractivity contribution in [2.45, 2.75) is 6.92 Å². The van der Waals surface area contributed by atoms with Gasteiger partial charge >= 0.3 is 0 Å². The van der Waals surface area contributed by atoms with Gasteiger partial charge in [-0.25, -0.2) is 9.97 Å². The van der Waals surface area contributed by atoms with Gasteiger partial charge in [-0.1, -0.05) is 0 Å². The third kappa shape index (κ3) is 1.75. The van der Waals surface area contributed by atoms with E-state index in [-0.39, 0.29) is 0 Å². The minimum atomic E-state index is 0.515. The summed E-state index contributed by atoms with van der Waals surface area (Å²) in [4.78, 5) is 14.4. The topological polar surface area (TPSA) is 81.1 Å². The molecular formula is C9H13N5O. The molecule has 6 heteroatoms. The summed E-state index contributed by atoms with van der Waals surface area (Å²) in [5.74, 6) is 1.34. The maximum absolute atomic E-state index is 5.49. The van der Waals surface area contributed by atoms with Crippen molar-refractivity contribution < 1.29 is 4.42 Å². The van der Waals surface area contributed by atoms with Crippen LogP contribution in [0.3, 0.4) is 0 Å². The molecule has 0 aliphatic carbocycles. The predicted octanol–water partition coefficient (Wildman–Crippen LogP) is 0.321. The monoisotopic (exact) mass is 207 g/mol. The van der Waals surface area contributed by atoms with Crippen molar-refractivity contribution in [3.05, 3.63) is 12.2 Å². The Balaban J connectivity index is 2.50. The normalized spacial score (nSPS) is 10.9. The Hall–Kier alpha value is -1.69. The summed E-state index contributed by atoms with van der Waals surface area (Å²) in [6, 6.07) is 0. The third-order valence-corrected chi connectivity index (χ3v) is 2.11. The zero-order valence-electron chi connectivity index (χ0n) is 8.77. The predicted molar refractivity (Wildman–Crippen MR) is 56.7 cm³/mol. The number of aryl methyl sites for hydroxylation is 1. The van der Waals surface area contributed by atoms with Gasteiger partial charge in [0.2, 0.25) is 0 Å². The van der Waals surface area contributed by atoms with E-state index in [0.29, 0.717) is 23.7 Å². The van der Waals surface area contributed by atoms with Crippen LogP contribution in [-0.4, -0.2) is 35.1 Å². The van der Waals surface area contributed by atoms with Crippen molar-refractivity contribution in [3.63, 3.8) is 0 Å². The van der Waals surface area contributed by atoms with Gasteiger partial charge in [0.05, 0.1) is 0 Å². The number of anilines is 1. The molecule has 2 rings (SSSR count). The highest BCUT2D eigenvalue weighted by Crippen LogP contribution is 2.21. The maximum atomic E-state index is 5.49. The van der Waals surface area contributed by atoms with E-state index in [4.69, 9.17) is 10.2 Å². The van der Waals surface area contributed by atoms with Gasteiger partial charge in [0, 0.05) is 27.1 Å². The van der Waals surface area contributed by atoms with Crippen LogP contribution in [0.25, 0.3) is 11.2 Å². The molecule has 15 heavy (non-hydrogen) atoms. The van der Waals surface area contributed by atoms with Crippen molar-refractivity contribution in [3.8, 4) is 0 Å². The summed E-state index contributed by atoms with van der Waals surface area (Å²) in [7, 11) is 1.92. The second-order valence-electron chi connectivity index (χ2n) is 3.29. The van der Waals surface area contributed by atoms with E-state index < -0.39 is 0 Å². The molecule has 2 aromatic heterocycles. The van der Waals surface area contributed by atoms with Crippen molar-refractivity contribution in [1.29, 1.82) is 0 Å². The molecule has 0 amide bonds. The molecule has 0 spiro atoms. The first-order valence-electron chi connectivity index (χ1n) is 4.71. The van der Waals surface area contributed by atoms with Crippen LogP contribution < -0.4 is 10.6 Å². The van der Waals surface area contributed by atoms with Crippen LogP contribution >= 0.6 is 0 Å². The van der Waals surface area contributed by atoms with E-state index >= 15 is 0 Å². The van der Waals surface area contributed by atoms with Gasteiger partial charge < -0.3 is 15.1 Å². The fraction of sp³-hybridized carbons (Fsp3) is 0.444. The molecule has 0 aromatic carbocycles. The first-order valence-corrected chi connectivity index (χ1v) is 4.71. The second-order valence-corrected chi connectivity index (χ2v) is 3.29. The summed E-state index contributed by atoms with van der Waals surface area (Å²) in [6.07, 6.45) is 1.47. The van der Waals surface area contributed by atoms with E-state index in [1.165, 1.54) is 6.33 Å². The van der Waals surface area contributed by atoms with Gasteiger partial charge in [0.25, 0.3) is 5.71 Å². The molecule has 0 radical (unpaired) electrons. The van der Waals surface area contributed by atoms with Gasteiger partial charge in [0.1, 0.15) is 6.33 Å². The highest BCUT2D eigenvalue weighted by atomic mass is 16.4. The number of hydrogen-bond donors (Lipinski definition) is 1. The molecule has 0 saturated carbocycles. The molecule has 0 unspecified atom stereocenters. The molecule has 80 valence electrons. The minimum Gasteiger partial charge on any atom is -0.422 e. The zero-order chi connectivity index (χ0) is 10.8. The summed E-state index contributed by atoms with van der Waals surface area (Å²) in [5.41, 5.74) is 6.69. The minimum absolute atomic E-state index is 0.515. The highest BCUT2D eigenvalue weighted by Gasteiger charge is 2.12. The highest BCUT2D eigenvalue weighted by molar-refractivity contribution is 5.81. The van der Waals surface area contributed by atoms with E-state index in [0.717, 1.165) is 12.4 Å². The number of nitrogens with two attached hydrogens (primary N) is 1. The largest absolute Gasteiger partial charge is 0.422 e. The van der Waals surface area contributed by atoms with Gasteiger partial charge in [-0.15, -0.1) is 0 Å². The van der Waals surface area contributed by atoms with E-state index in [2.05, 4.69) is 15.0 Å². The number of nitrogens with zero attached hydrogens (tertiary/aromatic N) is 4. The third-order valence-electron chi connectivity index (χ3n) is 2.11. The van der Waals surface area contributed by atoms with Crippen LogP contribution in [0.5, 0.6) is 0 Å².